The lowest BCUT2D eigenvalue weighted by atomic mass is 9.69. The van der Waals surface area contributed by atoms with Crippen molar-refractivity contribution in [3.05, 3.63) is 77.7 Å². The average Bonchev–Trinajstić information content (AvgIpc) is 2.60. The maximum absolute atomic E-state index is 5.46. The van der Waals surface area contributed by atoms with Crippen molar-refractivity contribution in [3.8, 4) is 24.7 Å². The maximum atomic E-state index is 5.46. The Kier molecular flexibility index (Phi) is 5.08. The molecule has 0 unspecified atom stereocenters. The smallest absolute Gasteiger partial charge is 0.0242 e. The van der Waals surface area contributed by atoms with E-state index >= 15 is 0 Å². The van der Waals surface area contributed by atoms with Gasteiger partial charge in [0, 0.05) is 16.5 Å². The van der Waals surface area contributed by atoms with Crippen LogP contribution in [0.1, 0.15) is 48.4 Å². The van der Waals surface area contributed by atoms with Crippen molar-refractivity contribution in [2.24, 2.45) is 0 Å². The Morgan fingerprint density at radius 3 is 1.55 bits per heavy atom. The van der Waals surface area contributed by atoms with Gasteiger partial charge in [-0.1, -0.05) is 56.4 Å². The van der Waals surface area contributed by atoms with Crippen LogP contribution >= 0.6 is 0 Å². The second-order valence-corrected chi connectivity index (χ2v) is 5.48. The molecule has 0 aliphatic heterocycles. The second kappa shape index (κ2) is 7.02. The summed E-state index contributed by atoms with van der Waals surface area (Å²) in [5, 5.41) is 0. The normalized spacial score (nSPS) is 10.7. The molecule has 1 radical (unpaired) electrons. The van der Waals surface area contributed by atoms with Crippen molar-refractivity contribution in [1.29, 1.82) is 0 Å². The molecule has 0 heterocycles. The van der Waals surface area contributed by atoms with Gasteiger partial charge in [0.1, 0.15) is 0 Å². The molecule has 0 nitrogen and oxygen atoms in total. The molecule has 0 bridgehead atoms. The van der Waals surface area contributed by atoms with Gasteiger partial charge in [0.15, 0.2) is 0 Å². The van der Waals surface area contributed by atoms with Gasteiger partial charge in [-0.2, -0.15) is 0 Å². The van der Waals surface area contributed by atoms with E-state index in [0.717, 1.165) is 30.4 Å². The van der Waals surface area contributed by atoms with Crippen molar-refractivity contribution in [2.45, 2.75) is 31.6 Å². The molecular formula is C22H21. The van der Waals surface area contributed by atoms with Crippen LogP contribution in [0.15, 0.2) is 48.5 Å². The van der Waals surface area contributed by atoms with Crippen LogP contribution in [0.5, 0.6) is 0 Å². The van der Waals surface area contributed by atoms with Gasteiger partial charge in [0.05, 0.1) is 0 Å². The SMILES string of the molecule is C#Cc1ccc(C(CC)(CC[CH2])c2ccc(C#C)cc2)cc1. The van der Waals surface area contributed by atoms with Gasteiger partial charge in [-0.3, -0.25) is 0 Å². The topological polar surface area (TPSA) is 0 Å². The summed E-state index contributed by atoms with van der Waals surface area (Å²) in [6.45, 7) is 6.29. The molecule has 0 saturated heterocycles. The lowest BCUT2D eigenvalue weighted by Gasteiger charge is -2.34. The minimum Gasteiger partial charge on any atom is -0.115 e. The number of benzene rings is 2. The van der Waals surface area contributed by atoms with Gasteiger partial charge < -0.3 is 0 Å². The monoisotopic (exact) mass is 285 g/mol. The Balaban J connectivity index is 2.54. The molecule has 0 atom stereocenters. The van der Waals surface area contributed by atoms with E-state index in [0.29, 0.717) is 0 Å². The fourth-order valence-corrected chi connectivity index (χ4v) is 3.11. The average molecular weight is 285 g/mol. The largest absolute Gasteiger partial charge is 0.115 e. The van der Waals surface area contributed by atoms with E-state index in [1.54, 1.807) is 0 Å². The van der Waals surface area contributed by atoms with Crippen LogP contribution in [-0.4, -0.2) is 0 Å². The van der Waals surface area contributed by atoms with E-state index in [2.05, 4.69) is 50.0 Å². The first-order valence-electron chi connectivity index (χ1n) is 7.63. The maximum Gasteiger partial charge on any atom is 0.0242 e. The van der Waals surface area contributed by atoms with Gasteiger partial charge in [-0.25, -0.2) is 0 Å². The van der Waals surface area contributed by atoms with Crippen molar-refractivity contribution >= 4 is 0 Å². The third-order valence-electron chi connectivity index (χ3n) is 4.42. The van der Waals surface area contributed by atoms with Crippen molar-refractivity contribution in [1.82, 2.24) is 0 Å². The molecule has 2 rings (SSSR count). The molecular weight excluding hydrogens is 264 g/mol. The summed E-state index contributed by atoms with van der Waals surface area (Å²) in [6, 6.07) is 16.6. The number of hydrogen-bond donors (Lipinski definition) is 0. The number of hydrogen-bond acceptors (Lipinski definition) is 0. The fraction of sp³-hybridized carbons (Fsp3) is 0.227. The zero-order valence-electron chi connectivity index (χ0n) is 13.1. The van der Waals surface area contributed by atoms with Gasteiger partial charge >= 0.3 is 0 Å². The zero-order valence-corrected chi connectivity index (χ0v) is 13.1. The third-order valence-corrected chi connectivity index (χ3v) is 4.42. The van der Waals surface area contributed by atoms with Crippen molar-refractivity contribution < 1.29 is 0 Å². The molecule has 0 aromatic heterocycles. The minimum absolute atomic E-state index is 0.0397. The Bertz CT molecular complexity index is 630. The predicted octanol–water partition coefficient (Wildman–Crippen LogP) is 4.96. The lowest BCUT2D eigenvalue weighted by molar-refractivity contribution is 0.459. The first-order chi connectivity index (χ1) is 10.7. The quantitative estimate of drug-likeness (QED) is 0.681. The summed E-state index contributed by atoms with van der Waals surface area (Å²) in [5.74, 6) is 5.35. The zero-order chi connectivity index (χ0) is 16.0. The van der Waals surface area contributed by atoms with Crippen LogP contribution in [0.3, 0.4) is 0 Å². The van der Waals surface area contributed by atoms with Crippen LogP contribution in [0, 0.1) is 31.6 Å². The van der Waals surface area contributed by atoms with E-state index in [4.69, 9.17) is 12.8 Å². The predicted molar refractivity (Wildman–Crippen MR) is 94.4 cm³/mol. The van der Waals surface area contributed by atoms with E-state index in [9.17, 15) is 0 Å². The molecule has 0 amide bonds. The van der Waals surface area contributed by atoms with Gasteiger partial charge in [0.25, 0.3) is 0 Å². The molecule has 0 fully saturated rings. The summed E-state index contributed by atoms with van der Waals surface area (Å²) in [6.07, 6.45) is 13.8. The molecule has 2 aromatic carbocycles. The van der Waals surface area contributed by atoms with E-state index in [-0.39, 0.29) is 5.41 Å². The Morgan fingerprint density at radius 2 is 1.27 bits per heavy atom. The highest BCUT2D eigenvalue weighted by Crippen LogP contribution is 2.40. The summed E-state index contributed by atoms with van der Waals surface area (Å²) < 4.78 is 0. The minimum atomic E-state index is -0.0397. The highest BCUT2D eigenvalue weighted by atomic mass is 14.3. The van der Waals surface area contributed by atoms with Gasteiger partial charge in [0.2, 0.25) is 0 Å². The molecule has 0 aliphatic rings. The van der Waals surface area contributed by atoms with Crippen LogP contribution in [-0.2, 0) is 5.41 Å². The third kappa shape index (κ3) is 2.93. The summed E-state index contributed by atoms with van der Waals surface area (Å²) in [5.41, 5.74) is 4.34. The highest BCUT2D eigenvalue weighted by Gasteiger charge is 2.31. The molecule has 0 N–H and O–H groups in total. The molecule has 0 heteroatoms. The highest BCUT2D eigenvalue weighted by molar-refractivity contribution is 5.45. The van der Waals surface area contributed by atoms with E-state index in [1.165, 1.54) is 11.1 Å². The summed E-state index contributed by atoms with van der Waals surface area (Å²) in [4.78, 5) is 0. The standard InChI is InChI=1S/C22H21/c1-5-17-22(8-4,20-13-9-18(6-2)10-14-20)21-15-11-19(7-3)12-16-21/h2-3,9-16H,1,5,8,17H2,4H3. The second-order valence-electron chi connectivity index (χ2n) is 5.48. The molecule has 22 heavy (non-hydrogen) atoms. The fourth-order valence-electron chi connectivity index (χ4n) is 3.11. The van der Waals surface area contributed by atoms with Gasteiger partial charge in [-0.05, 0) is 48.2 Å². The van der Waals surface area contributed by atoms with Crippen molar-refractivity contribution in [3.63, 3.8) is 0 Å². The summed E-state index contributed by atoms with van der Waals surface area (Å²) >= 11 is 0. The van der Waals surface area contributed by atoms with E-state index in [1.807, 2.05) is 24.3 Å². The van der Waals surface area contributed by atoms with Gasteiger partial charge in [-0.15, -0.1) is 12.8 Å². The Hall–Kier alpha value is -2.44. The molecule has 2 aromatic rings. The Morgan fingerprint density at radius 1 is 0.864 bits per heavy atom. The van der Waals surface area contributed by atoms with Crippen LogP contribution in [0.25, 0.3) is 0 Å². The first kappa shape index (κ1) is 15.9. The Labute approximate surface area is 134 Å². The van der Waals surface area contributed by atoms with Crippen LogP contribution in [0.2, 0.25) is 0 Å². The number of terminal acetylenes is 2. The summed E-state index contributed by atoms with van der Waals surface area (Å²) in [7, 11) is 0. The lowest BCUT2D eigenvalue weighted by Crippen LogP contribution is -2.26. The van der Waals surface area contributed by atoms with E-state index < -0.39 is 0 Å². The number of rotatable bonds is 5. The first-order valence-corrected chi connectivity index (χ1v) is 7.63. The van der Waals surface area contributed by atoms with Crippen molar-refractivity contribution in [2.75, 3.05) is 0 Å². The molecule has 109 valence electrons. The molecule has 0 spiro atoms. The van der Waals surface area contributed by atoms with Crippen LogP contribution < -0.4 is 0 Å². The molecule has 0 saturated carbocycles. The van der Waals surface area contributed by atoms with Crippen LogP contribution in [0.4, 0.5) is 0 Å². The molecule has 0 aliphatic carbocycles.